The zero-order valence-electron chi connectivity index (χ0n) is 14.4. The Bertz CT molecular complexity index is 500. The Morgan fingerprint density at radius 2 is 1.46 bits per heavy atom. The second-order valence-electron chi connectivity index (χ2n) is 7.68. The van der Waals surface area contributed by atoms with E-state index >= 15 is 0 Å². The van der Waals surface area contributed by atoms with Crippen molar-refractivity contribution >= 4 is 23.7 Å². The van der Waals surface area contributed by atoms with E-state index in [4.69, 9.17) is 14.2 Å². The van der Waals surface area contributed by atoms with Gasteiger partial charge in [-0.05, 0) is 69.6 Å². The van der Waals surface area contributed by atoms with E-state index in [-0.39, 0.29) is 13.2 Å². The number of ether oxygens (including phenoxy) is 3. The molecule has 0 aromatic carbocycles. The highest BCUT2D eigenvalue weighted by atomic mass is 32.2. The highest BCUT2D eigenvalue weighted by molar-refractivity contribution is 8.00. The standard InChI is InChI=1S/C18H26O5S/c1-3-21-15(19)17(16(20)22-4-2)10-24-18(23-17)13-6-11-5-12(8-13)9-14(18)7-11/h11-14H,3-10H2,1-2H3. The molecule has 0 aromatic heterocycles. The van der Waals surface area contributed by atoms with Gasteiger partial charge in [0.05, 0.1) is 13.2 Å². The molecule has 134 valence electrons. The van der Waals surface area contributed by atoms with E-state index in [1.807, 2.05) is 0 Å². The molecule has 6 heteroatoms. The predicted molar refractivity (Wildman–Crippen MR) is 89.3 cm³/mol. The summed E-state index contributed by atoms with van der Waals surface area (Å²) < 4.78 is 16.9. The summed E-state index contributed by atoms with van der Waals surface area (Å²) in [5.41, 5.74) is -1.58. The molecule has 4 aliphatic carbocycles. The van der Waals surface area contributed by atoms with Crippen molar-refractivity contribution in [2.24, 2.45) is 23.7 Å². The molecule has 0 N–H and O–H groups in total. The maximum atomic E-state index is 12.6. The van der Waals surface area contributed by atoms with E-state index in [0.29, 0.717) is 17.6 Å². The number of hydrogen-bond donors (Lipinski definition) is 0. The normalized spacial score (nSPS) is 41.6. The van der Waals surface area contributed by atoms with E-state index in [1.54, 1.807) is 25.6 Å². The monoisotopic (exact) mass is 354 g/mol. The molecule has 0 unspecified atom stereocenters. The first kappa shape index (κ1) is 16.7. The van der Waals surface area contributed by atoms with Crippen LogP contribution in [0.2, 0.25) is 0 Å². The van der Waals surface area contributed by atoms with E-state index in [0.717, 1.165) is 11.8 Å². The summed E-state index contributed by atoms with van der Waals surface area (Å²) in [4.78, 5) is 24.9. The quantitative estimate of drug-likeness (QED) is 0.571. The number of esters is 2. The Balaban J connectivity index is 1.64. The van der Waals surface area contributed by atoms with Gasteiger partial charge < -0.3 is 14.2 Å². The molecule has 0 aromatic rings. The van der Waals surface area contributed by atoms with Crippen LogP contribution in [0.4, 0.5) is 0 Å². The van der Waals surface area contributed by atoms with E-state index in [9.17, 15) is 9.59 Å². The predicted octanol–water partition coefficient (Wildman–Crippen LogP) is 2.77. The molecular weight excluding hydrogens is 328 g/mol. The van der Waals surface area contributed by atoms with Gasteiger partial charge in [-0.15, -0.1) is 11.8 Å². The van der Waals surface area contributed by atoms with Crippen LogP contribution in [-0.2, 0) is 23.8 Å². The van der Waals surface area contributed by atoms with Crippen LogP contribution in [0.3, 0.4) is 0 Å². The zero-order valence-corrected chi connectivity index (χ0v) is 15.2. The molecule has 1 heterocycles. The van der Waals surface area contributed by atoms with Crippen molar-refractivity contribution in [3.63, 3.8) is 0 Å². The SMILES string of the molecule is CCOC(=O)C1(C(=O)OCC)CSC2(O1)C1CC3CC(C1)CC2C3. The Labute approximate surface area is 147 Å². The summed E-state index contributed by atoms with van der Waals surface area (Å²) in [7, 11) is 0. The van der Waals surface area contributed by atoms with Crippen molar-refractivity contribution in [3.8, 4) is 0 Å². The summed E-state index contributed by atoms with van der Waals surface area (Å²) in [6.45, 7) is 3.96. The van der Waals surface area contributed by atoms with E-state index < -0.39 is 22.5 Å². The van der Waals surface area contributed by atoms with Crippen molar-refractivity contribution in [1.82, 2.24) is 0 Å². The van der Waals surface area contributed by atoms with Gasteiger partial charge in [-0.3, -0.25) is 0 Å². The lowest BCUT2D eigenvalue weighted by Crippen LogP contribution is -2.60. The van der Waals surface area contributed by atoms with Gasteiger partial charge in [0.25, 0.3) is 5.60 Å². The molecule has 5 aliphatic rings. The lowest BCUT2D eigenvalue weighted by atomic mass is 9.54. The first-order valence-electron chi connectivity index (χ1n) is 9.22. The Kier molecular flexibility index (Phi) is 4.11. The van der Waals surface area contributed by atoms with Crippen molar-refractivity contribution < 1.29 is 23.8 Å². The first-order chi connectivity index (χ1) is 11.5. The maximum Gasteiger partial charge on any atom is 0.351 e. The number of carbonyl (C=O) groups is 2. The van der Waals surface area contributed by atoms with Crippen LogP contribution in [0.1, 0.15) is 46.0 Å². The fourth-order valence-corrected chi connectivity index (χ4v) is 7.35. The molecular formula is C18H26O5S. The molecule has 5 fully saturated rings. The Hall–Kier alpha value is -0.750. The average molecular weight is 354 g/mol. The zero-order chi connectivity index (χ0) is 16.9. The minimum atomic E-state index is -1.58. The van der Waals surface area contributed by atoms with Crippen LogP contribution < -0.4 is 0 Å². The highest BCUT2D eigenvalue weighted by Crippen LogP contribution is 2.66. The van der Waals surface area contributed by atoms with E-state index in [2.05, 4.69) is 0 Å². The number of thioether (sulfide) groups is 1. The Morgan fingerprint density at radius 3 is 1.92 bits per heavy atom. The largest absolute Gasteiger partial charge is 0.463 e. The van der Waals surface area contributed by atoms with Gasteiger partial charge in [-0.2, -0.15) is 0 Å². The molecule has 24 heavy (non-hydrogen) atoms. The van der Waals surface area contributed by atoms with Crippen LogP contribution in [0.5, 0.6) is 0 Å². The fourth-order valence-electron chi connectivity index (χ4n) is 5.57. The third-order valence-electron chi connectivity index (χ3n) is 6.32. The van der Waals surface area contributed by atoms with E-state index in [1.165, 1.54) is 32.1 Å². The summed E-state index contributed by atoms with van der Waals surface area (Å²) in [5.74, 6) is 1.66. The average Bonchev–Trinajstić information content (AvgIpc) is 2.96. The van der Waals surface area contributed by atoms with Crippen LogP contribution in [0.25, 0.3) is 0 Å². The van der Waals surface area contributed by atoms with Crippen molar-refractivity contribution in [1.29, 1.82) is 0 Å². The van der Waals surface area contributed by atoms with Gasteiger partial charge in [0, 0.05) is 5.75 Å². The third-order valence-corrected chi connectivity index (χ3v) is 8.07. The molecule has 4 bridgehead atoms. The fraction of sp³-hybridized carbons (Fsp3) is 0.889. The second kappa shape index (κ2) is 5.90. The summed E-state index contributed by atoms with van der Waals surface area (Å²) in [5, 5.41) is 0. The molecule has 0 amide bonds. The van der Waals surface area contributed by atoms with Gasteiger partial charge in [-0.25, -0.2) is 9.59 Å². The van der Waals surface area contributed by atoms with Gasteiger partial charge in [0.2, 0.25) is 0 Å². The summed E-state index contributed by atoms with van der Waals surface area (Å²) in [6, 6.07) is 0. The molecule has 0 atom stereocenters. The lowest BCUT2D eigenvalue weighted by Gasteiger charge is -2.59. The minimum Gasteiger partial charge on any atom is -0.463 e. The molecule has 5 nitrogen and oxygen atoms in total. The van der Waals surface area contributed by atoms with Gasteiger partial charge >= 0.3 is 11.9 Å². The van der Waals surface area contributed by atoms with Gasteiger partial charge in [0.1, 0.15) is 4.93 Å². The smallest absolute Gasteiger partial charge is 0.351 e. The minimum absolute atomic E-state index is 0.234. The van der Waals surface area contributed by atoms with Crippen LogP contribution in [-0.4, -0.2) is 41.4 Å². The van der Waals surface area contributed by atoms with Crippen molar-refractivity contribution in [2.75, 3.05) is 19.0 Å². The lowest BCUT2D eigenvalue weighted by molar-refractivity contribution is -0.219. The molecule has 1 aliphatic heterocycles. The third kappa shape index (κ3) is 2.25. The van der Waals surface area contributed by atoms with Gasteiger partial charge in [0.15, 0.2) is 0 Å². The van der Waals surface area contributed by atoms with Crippen LogP contribution >= 0.6 is 11.8 Å². The topological polar surface area (TPSA) is 61.8 Å². The molecule has 1 spiro atoms. The first-order valence-corrected chi connectivity index (χ1v) is 10.2. The number of hydrogen-bond acceptors (Lipinski definition) is 6. The number of carbonyl (C=O) groups excluding carboxylic acids is 2. The number of rotatable bonds is 4. The van der Waals surface area contributed by atoms with Crippen LogP contribution in [0.15, 0.2) is 0 Å². The van der Waals surface area contributed by atoms with Crippen molar-refractivity contribution in [2.45, 2.75) is 56.5 Å². The molecule has 4 saturated carbocycles. The molecule has 1 saturated heterocycles. The maximum absolute atomic E-state index is 12.6. The summed E-state index contributed by atoms with van der Waals surface area (Å²) >= 11 is 1.67. The molecule has 0 radical (unpaired) electrons. The van der Waals surface area contributed by atoms with Gasteiger partial charge in [-0.1, -0.05) is 0 Å². The second-order valence-corrected chi connectivity index (χ2v) is 8.90. The summed E-state index contributed by atoms with van der Waals surface area (Å²) in [6.07, 6.45) is 6.03. The highest BCUT2D eigenvalue weighted by Gasteiger charge is 2.69. The molecule has 5 rings (SSSR count). The van der Waals surface area contributed by atoms with Crippen LogP contribution in [0, 0.1) is 23.7 Å². The Morgan fingerprint density at radius 1 is 0.958 bits per heavy atom. The van der Waals surface area contributed by atoms with Crippen molar-refractivity contribution in [3.05, 3.63) is 0 Å².